The quantitative estimate of drug-likeness (QED) is 0.0616. The number of phenols is 6. The van der Waals surface area contributed by atoms with Gasteiger partial charge in [-0.15, -0.1) is 0 Å². The predicted octanol–water partition coefficient (Wildman–Crippen LogP) is 11.4. The molecular weight excluding hydrogens is 664 g/mol. The molecule has 53 heavy (non-hydrogen) atoms. The van der Waals surface area contributed by atoms with Gasteiger partial charge in [0.1, 0.15) is 22.7 Å². The van der Waals surface area contributed by atoms with E-state index < -0.39 is 28.7 Å². The van der Waals surface area contributed by atoms with Crippen molar-refractivity contribution in [2.45, 2.75) is 0 Å². The van der Waals surface area contributed by atoms with Crippen molar-refractivity contribution in [3.8, 4) is 67.9 Å². The van der Waals surface area contributed by atoms with E-state index in [1.165, 1.54) is 0 Å². The van der Waals surface area contributed by atoms with Crippen molar-refractivity contribution < 1.29 is 35.1 Å². The molecule has 10 aromatic rings. The van der Waals surface area contributed by atoms with Crippen molar-refractivity contribution in [1.82, 2.24) is 0 Å². The van der Waals surface area contributed by atoms with Crippen molar-refractivity contribution in [2.75, 3.05) is 0 Å². The number of hydrogen-bond donors (Lipinski definition) is 6. The molecule has 0 saturated carbocycles. The van der Waals surface area contributed by atoms with E-state index in [4.69, 9.17) is 4.42 Å². The molecule has 7 heteroatoms. The van der Waals surface area contributed by atoms with Gasteiger partial charge >= 0.3 is 0 Å². The fraction of sp³-hybridized carbons (Fsp3) is 0. The Morgan fingerprint density at radius 1 is 0.302 bits per heavy atom. The molecule has 1 heterocycles. The second kappa shape index (κ2) is 11.1. The molecule has 6 N–H and O–H groups in total. The number of benzene rings is 9. The molecule has 0 radical (unpaired) electrons. The first kappa shape index (κ1) is 30.4. The Labute approximate surface area is 300 Å². The van der Waals surface area contributed by atoms with Crippen LogP contribution < -0.4 is 0 Å². The molecule has 0 aliphatic carbocycles. The van der Waals surface area contributed by atoms with Gasteiger partial charge < -0.3 is 35.1 Å². The fourth-order valence-corrected chi connectivity index (χ4v) is 8.10. The second-order valence-electron chi connectivity index (χ2n) is 13.3. The molecule has 254 valence electrons. The molecule has 0 spiro atoms. The van der Waals surface area contributed by atoms with Crippen molar-refractivity contribution in [3.05, 3.63) is 133 Å². The maximum atomic E-state index is 12.3. The van der Waals surface area contributed by atoms with Crippen LogP contribution >= 0.6 is 0 Å². The molecule has 0 saturated heterocycles. The van der Waals surface area contributed by atoms with Gasteiger partial charge in [0.25, 0.3) is 0 Å². The van der Waals surface area contributed by atoms with Gasteiger partial charge in [-0.2, -0.15) is 0 Å². The van der Waals surface area contributed by atoms with Gasteiger partial charge in [-0.3, -0.25) is 0 Å². The van der Waals surface area contributed by atoms with E-state index >= 15 is 0 Å². The summed E-state index contributed by atoms with van der Waals surface area (Å²) < 4.78 is 6.32. The Hall–Kier alpha value is -7.38. The smallest absolute Gasteiger partial charge is 0.205 e. The summed E-state index contributed by atoms with van der Waals surface area (Å²) in [5.74, 6) is -4.59. The van der Waals surface area contributed by atoms with Crippen LogP contribution in [0.5, 0.6) is 34.5 Å². The number of phenolic OH excluding ortho intramolecular Hbond substituents is 6. The molecule has 0 aliphatic heterocycles. The van der Waals surface area contributed by atoms with Gasteiger partial charge in [-0.25, -0.2) is 0 Å². The van der Waals surface area contributed by atoms with Crippen LogP contribution in [0.2, 0.25) is 0 Å². The normalized spacial score (nSPS) is 11.8. The van der Waals surface area contributed by atoms with E-state index in [-0.39, 0.29) is 27.6 Å². The first-order chi connectivity index (χ1) is 25.8. The Morgan fingerprint density at radius 3 is 1.47 bits per heavy atom. The molecule has 0 aliphatic rings. The molecule has 10 rings (SSSR count). The zero-order valence-electron chi connectivity index (χ0n) is 27.8. The van der Waals surface area contributed by atoms with Gasteiger partial charge in [-0.05, 0) is 73.3 Å². The highest BCUT2D eigenvalue weighted by molar-refractivity contribution is 6.26. The molecule has 0 unspecified atom stereocenters. The first-order valence-corrected chi connectivity index (χ1v) is 17.0. The largest absolute Gasteiger partial charge is 0.506 e. The van der Waals surface area contributed by atoms with Crippen molar-refractivity contribution in [3.63, 3.8) is 0 Å². The summed E-state index contributed by atoms with van der Waals surface area (Å²) in [4.78, 5) is 0. The average Bonchev–Trinajstić information content (AvgIpc) is 3.54. The number of aromatic hydroxyl groups is 6. The lowest BCUT2D eigenvalue weighted by Crippen LogP contribution is -1.95. The number of furan rings is 1. The minimum atomic E-state index is -0.999. The lowest BCUT2D eigenvalue weighted by Gasteiger charge is -2.22. The van der Waals surface area contributed by atoms with Crippen molar-refractivity contribution in [2.24, 2.45) is 0 Å². The Kier molecular flexibility index (Phi) is 6.35. The highest BCUT2D eigenvalue weighted by Gasteiger charge is 2.31. The SMILES string of the molecule is Oc1c(O)c(O)c2c(-c3ccccc3)c(O)c(-c3c4ccccc4c(-c4ccc5oc6cc7ccccc7cc6c5c4)c4ccccc34)c(O)c2c1O. The molecule has 9 aromatic carbocycles. The molecule has 0 bridgehead atoms. The summed E-state index contributed by atoms with van der Waals surface area (Å²) >= 11 is 0. The summed E-state index contributed by atoms with van der Waals surface area (Å²) in [5, 5.41) is 74.7. The monoisotopic (exact) mass is 692 g/mol. The molecule has 0 fully saturated rings. The van der Waals surface area contributed by atoms with Crippen LogP contribution in [0, 0.1) is 0 Å². The van der Waals surface area contributed by atoms with Crippen LogP contribution in [-0.2, 0) is 0 Å². The van der Waals surface area contributed by atoms with E-state index in [1.807, 2.05) is 72.8 Å². The second-order valence-corrected chi connectivity index (χ2v) is 13.3. The zero-order chi connectivity index (χ0) is 36.1. The summed E-state index contributed by atoms with van der Waals surface area (Å²) in [5.41, 5.74) is 4.38. The molecular formula is C46H28O7. The summed E-state index contributed by atoms with van der Waals surface area (Å²) in [6.07, 6.45) is 0. The van der Waals surface area contributed by atoms with E-state index in [1.54, 1.807) is 30.3 Å². The lowest BCUT2D eigenvalue weighted by molar-refractivity contribution is 0.350. The predicted molar refractivity (Wildman–Crippen MR) is 210 cm³/mol. The van der Waals surface area contributed by atoms with Crippen LogP contribution in [0.25, 0.3) is 98.4 Å². The van der Waals surface area contributed by atoms with E-state index in [9.17, 15) is 30.6 Å². The van der Waals surface area contributed by atoms with Crippen LogP contribution in [-0.4, -0.2) is 30.6 Å². The maximum Gasteiger partial charge on any atom is 0.205 e. The average molecular weight is 693 g/mol. The van der Waals surface area contributed by atoms with Gasteiger partial charge in [0, 0.05) is 27.3 Å². The molecule has 1 aromatic heterocycles. The highest BCUT2D eigenvalue weighted by Crippen LogP contribution is 2.61. The Balaban J connectivity index is 1.33. The number of rotatable bonds is 3. The van der Waals surface area contributed by atoms with Crippen LogP contribution in [0.1, 0.15) is 0 Å². The Morgan fingerprint density at radius 2 is 0.830 bits per heavy atom. The maximum absolute atomic E-state index is 12.3. The van der Waals surface area contributed by atoms with Gasteiger partial charge in [0.15, 0.2) is 11.5 Å². The standard InChI is InChI=1S/C46H28O7/c47-41-36(23-10-2-1-3-11-23)38-40(44(50)46(52)45(51)43(38)49)42(48)39(41)37-29-16-8-6-14-27(29)35(28-15-7-9-17-30(28)37)26-18-19-33-31(21-26)32-20-24-12-4-5-13-25(24)22-34(32)53-33/h1-22,47-52H. The van der Waals surface area contributed by atoms with Crippen molar-refractivity contribution in [1.29, 1.82) is 0 Å². The highest BCUT2D eigenvalue weighted by atomic mass is 16.3. The van der Waals surface area contributed by atoms with E-state index in [0.29, 0.717) is 21.9 Å². The van der Waals surface area contributed by atoms with Gasteiger partial charge in [0.05, 0.1) is 10.9 Å². The molecule has 0 amide bonds. The topological polar surface area (TPSA) is 135 Å². The minimum absolute atomic E-state index is 0.0155. The van der Waals surface area contributed by atoms with Crippen LogP contribution in [0.15, 0.2) is 138 Å². The number of fused-ring (bicyclic) bond motifs is 7. The minimum Gasteiger partial charge on any atom is -0.506 e. The van der Waals surface area contributed by atoms with Crippen LogP contribution in [0.4, 0.5) is 0 Å². The summed E-state index contributed by atoms with van der Waals surface area (Å²) in [7, 11) is 0. The van der Waals surface area contributed by atoms with Gasteiger partial charge in [0.2, 0.25) is 11.5 Å². The fourth-order valence-electron chi connectivity index (χ4n) is 8.10. The van der Waals surface area contributed by atoms with Crippen LogP contribution in [0.3, 0.4) is 0 Å². The zero-order valence-corrected chi connectivity index (χ0v) is 27.8. The Bertz CT molecular complexity index is 3120. The first-order valence-electron chi connectivity index (χ1n) is 17.0. The molecule has 7 nitrogen and oxygen atoms in total. The summed E-state index contributed by atoms with van der Waals surface area (Å²) in [6, 6.07) is 42.7. The van der Waals surface area contributed by atoms with E-state index in [0.717, 1.165) is 54.6 Å². The third-order valence-electron chi connectivity index (χ3n) is 10.5. The van der Waals surface area contributed by atoms with E-state index in [2.05, 4.69) is 30.3 Å². The number of hydrogen-bond acceptors (Lipinski definition) is 7. The lowest BCUT2D eigenvalue weighted by atomic mass is 9.83. The summed E-state index contributed by atoms with van der Waals surface area (Å²) in [6.45, 7) is 0. The van der Waals surface area contributed by atoms with Gasteiger partial charge in [-0.1, -0.05) is 109 Å². The molecule has 0 atom stereocenters. The third kappa shape index (κ3) is 4.22. The van der Waals surface area contributed by atoms with Crippen molar-refractivity contribution >= 4 is 65.0 Å². The third-order valence-corrected chi connectivity index (χ3v) is 10.5.